The number of hydrogen-bond donors (Lipinski definition) is 6. The highest BCUT2D eigenvalue weighted by Gasteiger charge is 2.63. The Morgan fingerprint density at radius 2 is 1.93 bits per heavy atom. The summed E-state index contributed by atoms with van der Waals surface area (Å²) in [5.41, 5.74) is -1.40. The first-order valence-electron chi connectivity index (χ1n) is 13.5. The first-order chi connectivity index (χ1) is 19.1. The molecule has 13 heteroatoms. The van der Waals surface area contributed by atoms with Gasteiger partial charge in [-0.25, -0.2) is 0 Å². The molecule has 5 atom stereocenters. The Hall–Kier alpha value is -3.42. The number of aliphatic hydroxyl groups is 3. The molecule has 1 heterocycles. The molecule has 1 amide bonds. The van der Waals surface area contributed by atoms with E-state index in [2.05, 4.69) is 0 Å². The summed E-state index contributed by atoms with van der Waals surface area (Å²) in [4.78, 5) is 29.4. The predicted octanol–water partition coefficient (Wildman–Crippen LogP) is 2.59. The molecule has 0 radical (unpaired) electrons. The van der Waals surface area contributed by atoms with Gasteiger partial charge in [0, 0.05) is 17.5 Å². The zero-order valence-electron chi connectivity index (χ0n) is 22.8. The molecule has 222 valence electrons. The number of carbonyl (C=O) groups is 2. The highest BCUT2D eigenvalue weighted by Crippen LogP contribution is 2.55. The number of Topliss-reactive ketones (excluding diaryl/α,β-unsaturated/α-hetero) is 1. The molecule has 1 aromatic carbocycles. The Morgan fingerprint density at radius 3 is 2.49 bits per heavy atom. The number of carbonyl (C=O) groups excluding carboxylic acids is 2. The third-order valence-electron chi connectivity index (χ3n) is 9.22. The Balaban J connectivity index is 1.74. The number of nitrogens with one attached hydrogen (secondary N) is 1. The van der Waals surface area contributed by atoms with Crippen molar-refractivity contribution in [3.05, 3.63) is 45.2 Å². The van der Waals surface area contributed by atoms with Gasteiger partial charge < -0.3 is 31.6 Å². The fourth-order valence-electron chi connectivity index (χ4n) is 7.56. The van der Waals surface area contributed by atoms with Gasteiger partial charge in [0.15, 0.2) is 5.60 Å². The summed E-state index contributed by atoms with van der Waals surface area (Å²) in [6.45, 7) is 2.95. The summed E-state index contributed by atoms with van der Waals surface area (Å²) < 4.78 is 44.3. The lowest BCUT2D eigenvalue weighted by Crippen LogP contribution is -2.67. The molecule has 3 aliphatic carbocycles. The molecular weight excluding hydrogens is 545 g/mol. The van der Waals surface area contributed by atoms with Gasteiger partial charge in [0.25, 0.3) is 5.91 Å². The van der Waals surface area contributed by atoms with E-state index in [9.17, 15) is 43.2 Å². The minimum absolute atomic E-state index is 0.0970. The number of aliphatic hydroxyl groups excluding tert-OH is 2. The first kappa shape index (κ1) is 29.1. The van der Waals surface area contributed by atoms with Crippen molar-refractivity contribution in [1.82, 2.24) is 9.80 Å². The second-order valence-corrected chi connectivity index (χ2v) is 11.5. The van der Waals surface area contributed by atoms with Crippen molar-refractivity contribution < 1.29 is 43.2 Å². The summed E-state index contributed by atoms with van der Waals surface area (Å²) in [6.07, 6.45) is -4.30. The van der Waals surface area contributed by atoms with Crippen molar-refractivity contribution in [2.45, 2.75) is 56.5 Å². The number of hydrogen-bond acceptors (Lipinski definition) is 9. The third kappa shape index (κ3) is 4.00. The van der Waals surface area contributed by atoms with Gasteiger partial charge in [-0.15, -0.1) is 0 Å². The molecule has 1 aliphatic heterocycles. The zero-order valence-corrected chi connectivity index (χ0v) is 22.8. The number of phenols is 1. The number of rotatable bonds is 4. The monoisotopic (exact) mass is 578 g/mol. The van der Waals surface area contributed by atoms with Gasteiger partial charge in [-0.2, -0.15) is 13.2 Å². The summed E-state index contributed by atoms with van der Waals surface area (Å²) in [5, 5.41) is 53.5. The molecule has 4 aliphatic rings. The van der Waals surface area contributed by atoms with Crippen LogP contribution >= 0.6 is 0 Å². The number of nitrogens with zero attached hydrogens (tertiary/aromatic N) is 2. The van der Waals surface area contributed by atoms with Crippen LogP contribution in [0, 0.1) is 17.2 Å². The van der Waals surface area contributed by atoms with Crippen LogP contribution in [0.25, 0.3) is 5.76 Å². The van der Waals surface area contributed by atoms with Crippen LogP contribution in [0.5, 0.6) is 5.75 Å². The number of amides is 1. The second kappa shape index (κ2) is 9.57. The Kier molecular flexibility index (Phi) is 6.79. The lowest BCUT2D eigenvalue weighted by atomic mass is 9.56. The number of ketones is 1. The van der Waals surface area contributed by atoms with Gasteiger partial charge in [-0.1, -0.05) is 6.92 Å². The highest BCUT2D eigenvalue weighted by molar-refractivity contribution is 6.33. The van der Waals surface area contributed by atoms with Crippen molar-refractivity contribution in [3.63, 3.8) is 0 Å². The molecule has 0 spiro atoms. The maximum atomic E-state index is 14.8. The predicted molar refractivity (Wildman–Crippen MR) is 141 cm³/mol. The number of likely N-dealkylation sites (tertiary alicyclic amines) is 1. The van der Waals surface area contributed by atoms with Crippen LogP contribution in [0.15, 0.2) is 23.0 Å². The molecule has 5 rings (SSSR count). The quantitative estimate of drug-likeness (QED) is 0.317. The van der Waals surface area contributed by atoms with Crippen LogP contribution in [-0.4, -0.2) is 86.5 Å². The lowest BCUT2D eigenvalue weighted by molar-refractivity contribution is -0.140. The van der Waals surface area contributed by atoms with Crippen molar-refractivity contribution in [2.24, 2.45) is 17.6 Å². The molecule has 2 fully saturated rings. The number of nitrogens with two attached hydrogens (primary N) is 1. The van der Waals surface area contributed by atoms with Crippen LogP contribution < -0.4 is 5.73 Å². The van der Waals surface area contributed by atoms with Crippen LogP contribution in [-0.2, 0) is 22.2 Å². The van der Waals surface area contributed by atoms with E-state index in [-0.39, 0.29) is 24.0 Å². The van der Waals surface area contributed by atoms with Crippen LogP contribution in [0.3, 0.4) is 0 Å². The van der Waals surface area contributed by atoms with E-state index in [1.165, 1.54) is 19.0 Å². The standard InChI is InChI=1S/C28H33F3N4O6/c1-4-35-7-5-6-15(35)12-10-16(36)18-13(20(12)28(29,30)31)8-11-9-14-21(34(2)3)23(38)19(26(33)40)24(32)27(14,41)25(39)17(11)22(18)37/h10-11,14-15,21,32,36-38,41H,4-9H2,1-3H3,(H2,33,40)/t11-,14-,15?,21-,27+/m0/s1. The van der Waals surface area contributed by atoms with Crippen LogP contribution in [0.1, 0.15) is 54.5 Å². The largest absolute Gasteiger partial charge is 0.510 e. The SMILES string of the molecule is CCN1CCCC1c1cc(O)c2c(c1C(F)(F)F)C[C@H]1C[C@H]3[C@H](N(C)C)C(O)=C(C(N)=O)C(=N)[C@@]3(O)C(=O)C1=C2O. The normalized spacial score (nSPS) is 30.5. The van der Waals surface area contributed by atoms with E-state index in [4.69, 9.17) is 11.1 Å². The van der Waals surface area contributed by atoms with E-state index in [0.717, 1.165) is 6.07 Å². The van der Waals surface area contributed by atoms with Crippen LogP contribution in [0.4, 0.5) is 13.2 Å². The average molecular weight is 579 g/mol. The third-order valence-corrected chi connectivity index (χ3v) is 9.22. The number of aromatic hydroxyl groups is 1. The topological polar surface area (TPSA) is 171 Å². The summed E-state index contributed by atoms with van der Waals surface area (Å²) in [7, 11) is 3.01. The Labute approximate surface area is 234 Å². The fraction of sp³-hybridized carbons (Fsp3) is 0.536. The van der Waals surface area contributed by atoms with Crippen molar-refractivity contribution in [2.75, 3.05) is 27.2 Å². The molecular formula is C28H33F3N4O6. The van der Waals surface area contributed by atoms with Crippen LogP contribution in [0.2, 0.25) is 0 Å². The number of fused-ring (bicyclic) bond motifs is 3. The minimum atomic E-state index is -4.84. The number of halogens is 3. The maximum Gasteiger partial charge on any atom is 0.417 e. The maximum absolute atomic E-state index is 14.8. The van der Waals surface area contributed by atoms with E-state index in [1.807, 2.05) is 11.8 Å². The van der Waals surface area contributed by atoms with E-state index >= 15 is 0 Å². The average Bonchev–Trinajstić information content (AvgIpc) is 3.33. The van der Waals surface area contributed by atoms with Gasteiger partial charge in [-0.05, 0) is 76.0 Å². The molecule has 10 nitrogen and oxygen atoms in total. The molecule has 0 aromatic heterocycles. The van der Waals surface area contributed by atoms with Gasteiger partial charge in [-0.3, -0.25) is 19.4 Å². The molecule has 1 saturated heterocycles. The Bertz CT molecular complexity index is 1430. The summed E-state index contributed by atoms with van der Waals surface area (Å²) in [5.74, 6) is -6.89. The number of likely N-dealkylation sites (N-methyl/N-ethyl adjacent to an activating group) is 1. The van der Waals surface area contributed by atoms with E-state index < -0.39 is 92.6 Å². The summed E-state index contributed by atoms with van der Waals surface area (Å²) >= 11 is 0. The van der Waals surface area contributed by atoms with E-state index in [1.54, 1.807) is 0 Å². The lowest BCUT2D eigenvalue weighted by Gasteiger charge is -2.51. The smallest absolute Gasteiger partial charge is 0.417 e. The van der Waals surface area contributed by atoms with Gasteiger partial charge >= 0.3 is 6.18 Å². The Morgan fingerprint density at radius 1 is 1.27 bits per heavy atom. The number of alkyl halides is 3. The molecule has 7 N–H and O–H groups in total. The highest BCUT2D eigenvalue weighted by atomic mass is 19.4. The number of primary amides is 1. The molecule has 41 heavy (non-hydrogen) atoms. The van der Waals surface area contributed by atoms with Crippen molar-refractivity contribution in [1.29, 1.82) is 5.41 Å². The molecule has 1 aromatic rings. The van der Waals surface area contributed by atoms with Gasteiger partial charge in [0.2, 0.25) is 5.78 Å². The fourth-order valence-corrected chi connectivity index (χ4v) is 7.56. The number of benzene rings is 1. The minimum Gasteiger partial charge on any atom is -0.510 e. The van der Waals surface area contributed by atoms with E-state index in [0.29, 0.717) is 25.9 Å². The number of phenolic OH excluding ortho intramolecular Hbond substituents is 1. The first-order valence-corrected chi connectivity index (χ1v) is 13.5. The second-order valence-electron chi connectivity index (χ2n) is 11.5. The molecule has 0 bridgehead atoms. The van der Waals surface area contributed by atoms with Gasteiger partial charge in [0.1, 0.15) is 22.8 Å². The zero-order chi connectivity index (χ0) is 30.3. The summed E-state index contributed by atoms with van der Waals surface area (Å²) in [6, 6.07) is -0.771. The molecule has 1 saturated carbocycles. The van der Waals surface area contributed by atoms with Crippen molar-refractivity contribution in [3.8, 4) is 5.75 Å². The molecule has 1 unspecified atom stereocenters. The van der Waals surface area contributed by atoms with Crippen molar-refractivity contribution >= 4 is 23.2 Å². The van der Waals surface area contributed by atoms with Gasteiger partial charge in [0.05, 0.1) is 22.9 Å².